The molecule has 6 nitrogen and oxygen atoms in total. The Kier molecular flexibility index (Phi) is 6.85. The highest BCUT2D eigenvalue weighted by molar-refractivity contribution is 5.97. The molecule has 0 bridgehead atoms. The highest BCUT2D eigenvalue weighted by Gasteiger charge is 2.29. The standard InChI is InChI=1S/C22H30N4O2/c1-3-5-14-23-21(27)20-24-19(18-13-9-10-15-26(18)20)22(28)25(4-2)16-17-11-7-6-8-12-17/h6-8,11-12H,3-5,9-10,13-16H2,1-2H3,(H,23,27). The van der Waals surface area contributed by atoms with Gasteiger partial charge in [-0.25, -0.2) is 4.98 Å². The molecule has 0 unspecified atom stereocenters. The van der Waals surface area contributed by atoms with Crippen LogP contribution in [0.2, 0.25) is 0 Å². The van der Waals surface area contributed by atoms with Crippen molar-refractivity contribution in [2.24, 2.45) is 0 Å². The lowest BCUT2D eigenvalue weighted by Gasteiger charge is -2.22. The van der Waals surface area contributed by atoms with E-state index in [1.165, 1.54) is 0 Å². The van der Waals surface area contributed by atoms with E-state index in [1.54, 1.807) is 4.90 Å². The number of carbonyl (C=O) groups excluding carboxylic acids is 2. The maximum atomic E-state index is 13.3. The molecule has 0 spiro atoms. The highest BCUT2D eigenvalue weighted by Crippen LogP contribution is 2.23. The van der Waals surface area contributed by atoms with E-state index in [-0.39, 0.29) is 11.8 Å². The van der Waals surface area contributed by atoms with Crippen LogP contribution in [-0.2, 0) is 19.5 Å². The molecule has 1 N–H and O–H groups in total. The molecule has 0 atom stereocenters. The molecule has 0 radical (unpaired) electrons. The van der Waals surface area contributed by atoms with E-state index in [2.05, 4.69) is 17.2 Å². The van der Waals surface area contributed by atoms with E-state index >= 15 is 0 Å². The first kappa shape index (κ1) is 20.1. The molecule has 2 amide bonds. The van der Waals surface area contributed by atoms with Crippen LogP contribution in [0.4, 0.5) is 0 Å². The normalized spacial score (nSPS) is 13.1. The van der Waals surface area contributed by atoms with Gasteiger partial charge in [0, 0.05) is 26.2 Å². The fourth-order valence-corrected chi connectivity index (χ4v) is 3.63. The molecule has 28 heavy (non-hydrogen) atoms. The fraction of sp³-hybridized carbons (Fsp3) is 0.500. The minimum atomic E-state index is -0.179. The number of fused-ring (bicyclic) bond motifs is 1. The molecule has 2 aromatic rings. The lowest BCUT2D eigenvalue weighted by atomic mass is 10.1. The monoisotopic (exact) mass is 382 g/mol. The number of nitrogens with zero attached hydrogens (tertiary/aromatic N) is 3. The van der Waals surface area contributed by atoms with Crippen LogP contribution in [0.25, 0.3) is 0 Å². The van der Waals surface area contributed by atoms with Crippen LogP contribution in [0.5, 0.6) is 0 Å². The van der Waals surface area contributed by atoms with Gasteiger partial charge < -0.3 is 14.8 Å². The third-order valence-electron chi connectivity index (χ3n) is 5.22. The predicted molar refractivity (Wildman–Crippen MR) is 109 cm³/mol. The van der Waals surface area contributed by atoms with Gasteiger partial charge in [-0.05, 0) is 38.2 Å². The van der Waals surface area contributed by atoms with Gasteiger partial charge in [0.2, 0.25) is 0 Å². The molecule has 1 aromatic carbocycles. The molecule has 1 aromatic heterocycles. The van der Waals surface area contributed by atoms with E-state index in [0.29, 0.717) is 31.2 Å². The number of imidazole rings is 1. The van der Waals surface area contributed by atoms with Crippen molar-refractivity contribution in [1.29, 1.82) is 0 Å². The molecule has 0 saturated heterocycles. The molecule has 2 heterocycles. The summed E-state index contributed by atoms with van der Waals surface area (Å²) in [7, 11) is 0. The SMILES string of the molecule is CCCCNC(=O)c1nc(C(=O)N(CC)Cc2ccccc2)c2n1CCCC2. The van der Waals surface area contributed by atoms with Crippen molar-refractivity contribution in [3.8, 4) is 0 Å². The molecule has 0 aliphatic carbocycles. The lowest BCUT2D eigenvalue weighted by Crippen LogP contribution is -2.31. The van der Waals surface area contributed by atoms with Crippen LogP contribution >= 0.6 is 0 Å². The summed E-state index contributed by atoms with van der Waals surface area (Å²) < 4.78 is 1.95. The summed E-state index contributed by atoms with van der Waals surface area (Å²) >= 11 is 0. The maximum absolute atomic E-state index is 13.3. The molecule has 0 fully saturated rings. The van der Waals surface area contributed by atoms with Crippen LogP contribution in [0, 0.1) is 0 Å². The first-order valence-corrected chi connectivity index (χ1v) is 10.4. The average Bonchev–Trinajstić information content (AvgIpc) is 3.12. The average molecular weight is 383 g/mol. The van der Waals surface area contributed by atoms with Crippen molar-refractivity contribution in [2.45, 2.75) is 59.0 Å². The first-order chi connectivity index (χ1) is 13.7. The Morgan fingerprint density at radius 2 is 1.96 bits per heavy atom. The number of aromatic nitrogens is 2. The van der Waals surface area contributed by atoms with Crippen LogP contribution in [0.15, 0.2) is 30.3 Å². The highest BCUT2D eigenvalue weighted by atomic mass is 16.2. The zero-order chi connectivity index (χ0) is 19.9. The first-order valence-electron chi connectivity index (χ1n) is 10.4. The minimum absolute atomic E-state index is 0.0930. The van der Waals surface area contributed by atoms with E-state index in [9.17, 15) is 9.59 Å². The second-order valence-corrected chi connectivity index (χ2v) is 7.25. The van der Waals surface area contributed by atoms with E-state index in [0.717, 1.165) is 49.9 Å². The van der Waals surface area contributed by atoms with E-state index in [4.69, 9.17) is 0 Å². The van der Waals surface area contributed by atoms with E-state index in [1.807, 2.05) is 41.8 Å². The number of unbranched alkanes of at least 4 members (excludes halogenated alkanes) is 1. The van der Waals surface area contributed by atoms with Gasteiger partial charge in [0.15, 0.2) is 5.82 Å². The van der Waals surface area contributed by atoms with Crippen molar-refractivity contribution in [2.75, 3.05) is 13.1 Å². The summed E-state index contributed by atoms with van der Waals surface area (Å²) in [6.45, 7) is 6.58. The number of hydrogen-bond donors (Lipinski definition) is 1. The quantitative estimate of drug-likeness (QED) is 0.712. The number of amides is 2. The van der Waals surface area contributed by atoms with Crippen molar-refractivity contribution < 1.29 is 9.59 Å². The number of hydrogen-bond acceptors (Lipinski definition) is 3. The summed E-state index contributed by atoms with van der Waals surface area (Å²) in [5.41, 5.74) is 2.44. The third kappa shape index (κ3) is 4.43. The predicted octanol–water partition coefficient (Wildman–Crippen LogP) is 3.41. The second-order valence-electron chi connectivity index (χ2n) is 7.25. The van der Waals surface area contributed by atoms with Gasteiger partial charge in [-0.3, -0.25) is 9.59 Å². The number of rotatable bonds is 8. The number of nitrogens with one attached hydrogen (secondary N) is 1. The number of carbonyl (C=O) groups is 2. The van der Waals surface area contributed by atoms with Gasteiger partial charge >= 0.3 is 0 Å². The summed E-state index contributed by atoms with van der Waals surface area (Å²) in [6.07, 6.45) is 4.78. The Morgan fingerprint density at radius 3 is 2.68 bits per heavy atom. The van der Waals surface area contributed by atoms with Crippen LogP contribution in [0.3, 0.4) is 0 Å². The van der Waals surface area contributed by atoms with Crippen LogP contribution in [-0.4, -0.2) is 39.4 Å². The molecule has 0 saturated carbocycles. The van der Waals surface area contributed by atoms with Crippen molar-refractivity contribution >= 4 is 11.8 Å². The lowest BCUT2D eigenvalue weighted by molar-refractivity contribution is 0.0745. The van der Waals surface area contributed by atoms with Crippen LogP contribution in [0.1, 0.15) is 71.9 Å². The Labute approximate surface area is 166 Å². The van der Waals surface area contributed by atoms with Gasteiger partial charge in [0.25, 0.3) is 11.8 Å². The second kappa shape index (κ2) is 9.53. The zero-order valence-electron chi connectivity index (χ0n) is 16.9. The molecule has 3 rings (SSSR count). The zero-order valence-corrected chi connectivity index (χ0v) is 16.9. The van der Waals surface area contributed by atoms with Gasteiger partial charge in [0.05, 0.1) is 5.69 Å². The Morgan fingerprint density at radius 1 is 1.18 bits per heavy atom. The van der Waals surface area contributed by atoms with Crippen LogP contribution < -0.4 is 5.32 Å². The van der Waals surface area contributed by atoms with Gasteiger partial charge in [0.1, 0.15) is 5.69 Å². The smallest absolute Gasteiger partial charge is 0.287 e. The minimum Gasteiger partial charge on any atom is -0.349 e. The van der Waals surface area contributed by atoms with Crippen molar-refractivity contribution in [3.63, 3.8) is 0 Å². The molecular formula is C22H30N4O2. The topological polar surface area (TPSA) is 67.2 Å². The third-order valence-corrected chi connectivity index (χ3v) is 5.22. The van der Waals surface area contributed by atoms with Gasteiger partial charge in [-0.15, -0.1) is 0 Å². The van der Waals surface area contributed by atoms with Crippen molar-refractivity contribution in [1.82, 2.24) is 19.8 Å². The molecule has 150 valence electrons. The Hall–Kier alpha value is -2.63. The summed E-state index contributed by atoms with van der Waals surface area (Å²) in [5, 5.41) is 2.94. The Bertz CT molecular complexity index is 813. The molecular weight excluding hydrogens is 352 g/mol. The largest absolute Gasteiger partial charge is 0.349 e. The summed E-state index contributed by atoms with van der Waals surface area (Å²) in [6, 6.07) is 9.96. The fourth-order valence-electron chi connectivity index (χ4n) is 3.63. The molecule has 6 heteroatoms. The van der Waals surface area contributed by atoms with E-state index < -0.39 is 0 Å². The summed E-state index contributed by atoms with van der Waals surface area (Å²) in [5.74, 6) is 0.108. The van der Waals surface area contributed by atoms with Gasteiger partial charge in [-0.2, -0.15) is 0 Å². The number of benzene rings is 1. The molecule has 1 aliphatic rings. The van der Waals surface area contributed by atoms with Crippen molar-refractivity contribution in [3.05, 3.63) is 53.1 Å². The van der Waals surface area contributed by atoms with Gasteiger partial charge in [-0.1, -0.05) is 43.7 Å². The Balaban J connectivity index is 1.85. The summed E-state index contributed by atoms with van der Waals surface area (Å²) in [4.78, 5) is 32.2. The maximum Gasteiger partial charge on any atom is 0.287 e. The molecule has 1 aliphatic heterocycles.